The Kier molecular flexibility index (Phi) is 4.98. The first kappa shape index (κ1) is 12.7. The number of amides is 1. The number of aromatic nitrogens is 2. The van der Waals surface area contributed by atoms with Crippen LogP contribution >= 0.6 is 0 Å². The standard InChI is InChI=1S/C11H20N4O/c1-3-9(10-13-6-7-14-10)15-11(16)8(2)4-5-12/h6-9H,3-5,12H2,1-2H3,(H,13,14)(H,15,16). The predicted octanol–water partition coefficient (Wildman–Crippen LogP) is 0.962. The van der Waals surface area contributed by atoms with E-state index in [0.29, 0.717) is 13.0 Å². The molecule has 90 valence electrons. The lowest BCUT2D eigenvalue weighted by atomic mass is 10.1. The van der Waals surface area contributed by atoms with Crippen LogP contribution < -0.4 is 11.1 Å². The molecule has 1 heterocycles. The van der Waals surface area contributed by atoms with Crippen molar-refractivity contribution < 1.29 is 4.79 Å². The Labute approximate surface area is 95.8 Å². The molecule has 2 unspecified atom stereocenters. The Morgan fingerprint density at radius 2 is 2.44 bits per heavy atom. The number of carbonyl (C=O) groups excluding carboxylic acids is 1. The highest BCUT2D eigenvalue weighted by Crippen LogP contribution is 2.12. The molecule has 5 nitrogen and oxygen atoms in total. The van der Waals surface area contributed by atoms with Crippen LogP contribution in [0.3, 0.4) is 0 Å². The minimum absolute atomic E-state index is 0.0358. The van der Waals surface area contributed by atoms with E-state index in [1.807, 2.05) is 13.8 Å². The summed E-state index contributed by atoms with van der Waals surface area (Å²) in [4.78, 5) is 19.0. The second kappa shape index (κ2) is 6.27. The lowest BCUT2D eigenvalue weighted by Crippen LogP contribution is -2.34. The maximum atomic E-state index is 11.8. The quantitative estimate of drug-likeness (QED) is 0.673. The van der Waals surface area contributed by atoms with Gasteiger partial charge in [-0.25, -0.2) is 4.98 Å². The molecule has 1 rings (SSSR count). The van der Waals surface area contributed by atoms with Crippen LogP contribution in [-0.2, 0) is 4.79 Å². The molecule has 0 saturated heterocycles. The van der Waals surface area contributed by atoms with Crippen molar-refractivity contribution in [2.24, 2.45) is 11.7 Å². The Morgan fingerprint density at radius 1 is 1.69 bits per heavy atom. The third-order valence-electron chi connectivity index (χ3n) is 2.62. The number of nitrogens with zero attached hydrogens (tertiary/aromatic N) is 1. The van der Waals surface area contributed by atoms with Crippen molar-refractivity contribution in [2.45, 2.75) is 32.7 Å². The molecule has 0 aliphatic heterocycles. The minimum Gasteiger partial charge on any atom is -0.347 e. The van der Waals surface area contributed by atoms with Gasteiger partial charge in [-0.15, -0.1) is 0 Å². The number of imidazole rings is 1. The van der Waals surface area contributed by atoms with Crippen LogP contribution in [-0.4, -0.2) is 22.4 Å². The van der Waals surface area contributed by atoms with E-state index in [1.165, 1.54) is 0 Å². The van der Waals surface area contributed by atoms with Crippen LogP contribution in [0.4, 0.5) is 0 Å². The van der Waals surface area contributed by atoms with Crippen LogP contribution in [0.15, 0.2) is 12.4 Å². The van der Waals surface area contributed by atoms with Gasteiger partial charge in [-0.05, 0) is 19.4 Å². The molecule has 0 saturated carbocycles. The van der Waals surface area contributed by atoms with Crippen molar-refractivity contribution in [3.05, 3.63) is 18.2 Å². The smallest absolute Gasteiger partial charge is 0.223 e. The van der Waals surface area contributed by atoms with Crippen molar-refractivity contribution in [1.29, 1.82) is 0 Å². The van der Waals surface area contributed by atoms with Crippen molar-refractivity contribution in [3.63, 3.8) is 0 Å². The van der Waals surface area contributed by atoms with Gasteiger partial charge in [-0.2, -0.15) is 0 Å². The van der Waals surface area contributed by atoms with E-state index in [-0.39, 0.29) is 17.9 Å². The summed E-state index contributed by atoms with van der Waals surface area (Å²) in [5, 5.41) is 2.97. The van der Waals surface area contributed by atoms with Crippen molar-refractivity contribution in [1.82, 2.24) is 15.3 Å². The highest BCUT2D eigenvalue weighted by atomic mass is 16.1. The van der Waals surface area contributed by atoms with Gasteiger partial charge in [0.25, 0.3) is 0 Å². The lowest BCUT2D eigenvalue weighted by molar-refractivity contribution is -0.125. The fraction of sp³-hybridized carbons (Fsp3) is 0.636. The number of nitrogens with one attached hydrogen (secondary N) is 2. The minimum atomic E-state index is -0.0472. The summed E-state index contributed by atoms with van der Waals surface area (Å²) < 4.78 is 0. The molecule has 0 aliphatic carbocycles. The Morgan fingerprint density at radius 3 is 2.94 bits per heavy atom. The molecular formula is C11H20N4O. The van der Waals surface area contributed by atoms with Gasteiger partial charge in [-0.3, -0.25) is 4.79 Å². The Balaban J connectivity index is 2.54. The molecule has 4 N–H and O–H groups in total. The Hall–Kier alpha value is -1.36. The lowest BCUT2D eigenvalue weighted by Gasteiger charge is -2.17. The van der Waals surface area contributed by atoms with Gasteiger partial charge in [0.15, 0.2) is 0 Å². The van der Waals surface area contributed by atoms with Crippen LogP contribution in [0.25, 0.3) is 0 Å². The molecule has 16 heavy (non-hydrogen) atoms. The number of hydrogen-bond acceptors (Lipinski definition) is 3. The van der Waals surface area contributed by atoms with Crippen LogP contribution in [0, 0.1) is 5.92 Å². The van der Waals surface area contributed by atoms with Crippen molar-refractivity contribution in [2.75, 3.05) is 6.54 Å². The average molecular weight is 224 g/mol. The number of nitrogens with two attached hydrogens (primary N) is 1. The summed E-state index contributed by atoms with van der Waals surface area (Å²) >= 11 is 0. The first-order chi connectivity index (χ1) is 7.69. The topological polar surface area (TPSA) is 83.8 Å². The number of H-pyrrole nitrogens is 1. The van der Waals surface area contributed by atoms with E-state index in [2.05, 4.69) is 15.3 Å². The number of aromatic amines is 1. The van der Waals surface area contributed by atoms with Crippen molar-refractivity contribution in [3.8, 4) is 0 Å². The molecule has 0 aromatic carbocycles. The normalized spacial score (nSPS) is 14.4. The summed E-state index contributed by atoms with van der Waals surface area (Å²) in [6, 6.07) is -0.0391. The predicted molar refractivity (Wildman–Crippen MR) is 62.6 cm³/mol. The fourth-order valence-corrected chi connectivity index (χ4v) is 1.53. The second-order valence-electron chi connectivity index (χ2n) is 3.92. The van der Waals surface area contributed by atoms with Gasteiger partial charge in [0.1, 0.15) is 5.82 Å². The summed E-state index contributed by atoms with van der Waals surface area (Å²) in [6.07, 6.45) is 4.97. The molecule has 0 fully saturated rings. The number of carbonyl (C=O) groups is 1. The molecule has 2 atom stereocenters. The van der Waals surface area contributed by atoms with Gasteiger partial charge in [0.2, 0.25) is 5.91 Å². The molecule has 0 bridgehead atoms. The molecular weight excluding hydrogens is 204 g/mol. The summed E-state index contributed by atoms with van der Waals surface area (Å²) in [5.41, 5.74) is 5.43. The Bertz CT molecular complexity index is 310. The zero-order valence-corrected chi connectivity index (χ0v) is 9.86. The van der Waals surface area contributed by atoms with Crippen LogP contribution in [0.2, 0.25) is 0 Å². The summed E-state index contributed by atoms with van der Waals surface area (Å²) in [6.45, 7) is 4.43. The molecule has 0 aliphatic rings. The number of hydrogen-bond donors (Lipinski definition) is 3. The zero-order valence-electron chi connectivity index (χ0n) is 9.86. The van der Waals surface area contributed by atoms with E-state index >= 15 is 0 Å². The maximum absolute atomic E-state index is 11.8. The SMILES string of the molecule is CCC(NC(=O)C(C)CCN)c1ncc[nH]1. The third kappa shape index (κ3) is 3.34. The largest absolute Gasteiger partial charge is 0.347 e. The zero-order chi connectivity index (χ0) is 12.0. The summed E-state index contributed by atoms with van der Waals surface area (Å²) in [7, 11) is 0. The van der Waals surface area contributed by atoms with E-state index < -0.39 is 0 Å². The first-order valence-electron chi connectivity index (χ1n) is 5.68. The molecule has 1 aromatic rings. The van der Waals surface area contributed by atoms with E-state index in [4.69, 9.17) is 5.73 Å². The monoisotopic (exact) mass is 224 g/mol. The third-order valence-corrected chi connectivity index (χ3v) is 2.62. The van der Waals surface area contributed by atoms with Gasteiger partial charge >= 0.3 is 0 Å². The van der Waals surface area contributed by atoms with Gasteiger partial charge < -0.3 is 16.0 Å². The van der Waals surface area contributed by atoms with Gasteiger partial charge in [0, 0.05) is 18.3 Å². The molecule has 0 spiro atoms. The van der Waals surface area contributed by atoms with Gasteiger partial charge in [0.05, 0.1) is 6.04 Å². The molecule has 1 aromatic heterocycles. The molecule has 0 radical (unpaired) electrons. The molecule has 1 amide bonds. The maximum Gasteiger partial charge on any atom is 0.223 e. The number of rotatable bonds is 6. The fourth-order valence-electron chi connectivity index (χ4n) is 1.53. The van der Waals surface area contributed by atoms with E-state index in [1.54, 1.807) is 12.4 Å². The van der Waals surface area contributed by atoms with E-state index in [9.17, 15) is 4.79 Å². The highest BCUT2D eigenvalue weighted by molar-refractivity contribution is 5.78. The van der Waals surface area contributed by atoms with Crippen LogP contribution in [0.5, 0.6) is 0 Å². The highest BCUT2D eigenvalue weighted by Gasteiger charge is 2.18. The van der Waals surface area contributed by atoms with Gasteiger partial charge in [-0.1, -0.05) is 13.8 Å². The van der Waals surface area contributed by atoms with E-state index in [0.717, 1.165) is 12.2 Å². The summed E-state index contributed by atoms with van der Waals surface area (Å²) in [5.74, 6) is 0.790. The van der Waals surface area contributed by atoms with Crippen LogP contribution in [0.1, 0.15) is 38.6 Å². The second-order valence-corrected chi connectivity index (χ2v) is 3.92. The van der Waals surface area contributed by atoms with Crippen molar-refractivity contribution >= 4 is 5.91 Å². The first-order valence-corrected chi connectivity index (χ1v) is 5.68. The molecule has 5 heteroatoms. The average Bonchev–Trinajstić information content (AvgIpc) is 2.79.